The first-order valence-electron chi connectivity index (χ1n) is 11.2. The smallest absolute Gasteiger partial charge is 0.305 e. The second-order valence-electron chi connectivity index (χ2n) is 7.69. The van der Waals surface area contributed by atoms with Gasteiger partial charge in [0.1, 0.15) is 6.61 Å². The van der Waals surface area contributed by atoms with Crippen LogP contribution in [0.2, 0.25) is 0 Å². The van der Waals surface area contributed by atoms with Crippen LogP contribution in [-0.2, 0) is 23.9 Å². The summed E-state index contributed by atoms with van der Waals surface area (Å²) in [6, 6.07) is 8.86. The number of cyclic esters (lactones) is 1. The van der Waals surface area contributed by atoms with Gasteiger partial charge in [0.2, 0.25) is 11.8 Å². The van der Waals surface area contributed by atoms with E-state index in [1.54, 1.807) is 0 Å². The summed E-state index contributed by atoms with van der Waals surface area (Å²) < 4.78 is 10.6. The van der Waals surface area contributed by atoms with E-state index < -0.39 is 12.0 Å². The van der Waals surface area contributed by atoms with E-state index in [0.717, 1.165) is 24.8 Å². The molecule has 2 amide bonds. The van der Waals surface area contributed by atoms with Crippen LogP contribution in [0.1, 0.15) is 50.1 Å². The molecule has 8 heteroatoms. The van der Waals surface area contributed by atoms with Gasteiger partial charge in [0.25, 0.3) is 0 Å². The number of aliphatic hydroxyl groups is 1. The Bertz CT molecular complexity index is 737. The Balaban J connectivity index is 2.05. The Labute approximate surface area is 189 Å². The lowest BCUT2D eigenvalue weighted by molar-refractivity contribution is -0.145. The van der Waals surface area contributed by atoms with Crippen molar-refractivity contribution in [2.75, 3.05) is 33.0 Å². The van der Waals surface area contributed by atoms with E-state index >= 15 is 0 Å². The topological polar surface area (TPSA) is 114 Å². The fourth-order valence-electron chi connectivity index (χ4n) is 3.36. The van der Waals surface area contributed by atoms with Crippen LogP contribution in [0.15, 0.2) is 42.5 Å². The van der Waals surface area contributed by atoms with Crippen LogP contribution < -0.4 is 10.6 Å². The highest BCUT2D eigenvalue weighted by molar-refractivity contribution is 5.86. The molecule has 0 aromatic heterocycles. The van der Waals surface area contributed by atoms with Gasteiger partial charge in [-0.2, -0.15) is 0 Å². The number of carbonyl (C=O) groups is 3. The van der Waals surface area contributed by atoms with Crippen molar-refractivity contribution in [1.29, 1.82) is 0 Å². The number of carbonyl (C=O) groups excluding carboxylic acids is 3. The third-order valence-electron chi connectivity index (χ3n) is 5.13. The second-order valence-corrected chi connectivity index (χ2v) is 7.69. The molecule has 0 spiro atoms. The molecule has 32 heavy (non-hydrogen) atoms. The van der Waals surface area contributed by atoms with E-state index in [4.69, 9.17) is 14.6 Å². The van der Waals surface area contributed by atoms with E-state index in [0.29, 0.717) is 26.0 Å². The Morgan fingerprint density at radius 1 is 1.16 bits per heavy atom. The van der Waals surface area contributed by atoms with Crippen LogP contribution >= 0.6 is 0 Å². The number of ether oxygens (including phenoxy) is 2. The molecule has 0 saturated heterocycles. The highest BCUT2D eigenvalue weighted by Crippen LogP contribution is 2.18. The van der Waals surface area contributed by atoms with Gasteiger partial charge in [-0.05, 0) is 31.2 Å². The summed E-state index contributed by atoms with van der Waals surface area (Å²) >= 11 is 0. The van der Waals surface area contributed by atoms with E-state index in [9.17, 15) is 14.4 Å². The molecule has 8 nitrogen and oxygen atoms in total. The molecule has 176 valence electrons. The third kappa shape index (κ3) is 10.1. The summed E-state index contributed by atoms with van der Waals surface area (Å²) in [4.78, 5) is 37.5. The lowest BCUT2D eigenvalue weighted by Gasteiger charge is -2.23. The molecule has 0 aliphatic carbocycles. The molecule has 1 aliphatic heterocycles. The molecular formula is C24H34N2O6. The van der Waals surface area contributed by atoms with Crippen LogP contribution in [0.25, 0.3) is 0 Å². The Morgan fingerprint density at radius 3 is 2.75 bits per heavy atom. The summed E-state index contributed by atoms with van der Waals surface area (Å²) in [5.41, 5.74) is 0.834. The van der Waals surface area contributed by atoms with Crippen molar-refractivity contribution in [3.8, 4) is 0 Å². The molecule has 0 unspecified atom stereocenters. The van der Waals surface area contributed by atoms with Gasteiger partial charge < -0.3 is 25.2 Å². The fraction of sp³-hybridized carbons (Fsp3) is 0.542. The van der Waals surface area contributed by atoms with Crippen molar-refractivity contribution in [1.82, 2.24) is 10.6 Å². The molecule has 0 saturated carbocycles. The standard InChI is InChI=1S/C24H34N2O6/c27-14-16-31-15-13-25-22(28)17-20-11-5-2-1-3-8-12-23(29)32-18-21(26-24(20)30)19-9-6-4-7-10-19/h2,4-7,9-10,20-21,27H,1,3,8,11-18H2,(H,25,28)(H,26,30)/t20-,21-/m1/s1. The zero-order chi connectivity index (χ0) is 23.0. The van der Waals surface area contributed by atoms with Crippen molar-refractivity contribution in [3.05, 3.63) is 48.0 Å². The van der Waals surface area contributed by atoms with Crippen molar-refractivity contribution < 1.29 is 29.0 Å². The Morgan fingerprint density at radius 2 is 1.97 bits per heavy atom. The number of hydrogen-bond donors (Lipinski definition) is 3. The quantitative estimate of drug-likeness (QED) is 0.320. The molecule has 1 aromatic rings. The van der Waals surface area contributed by atoms with E-state index in [1.807, 2.05) is 42.5 Å². The maximum absolute atomic E-state index is 13.1. The first-order chi connectivity index (χ1) is 15.6. The fourth-order valence-corrected chi connectivity index (χ4v) is 3.36. The van der Waals surface area contributed by atoms with Gasteiger partial charge in [0.05, 0.1) is 31.8 Å². The van der Waals surface area contributed by atoms with E-state index in [2.05, 4.69) is 10.6 Å². The summed E-state index contributed by atoms with van der Waals surface area (Å²) in [6.45, 7) is 0.805. The predicted molar refractivity (Wildman–Crippen MR) is 120 cm³/mol. The molecule has 3 N–H and O–H groups in total. The van der Waals surface area contributed by atoms with Crippen LogP contribution in [0.4, 0.5) is 0 Å². The molecule has 2 atom stereocenters. The predicted octanol–water partition coefficient (Wildman–Crippen LogP) is 2.04. The Kier molecular flexibility index (Phi) is 12.1. The van der Waals surface area contributed by atoms with Crippen LogP contribution in [0, 0.1) is 5.92 Å². The molecule has 2 rings (SSSR count). The lowest BCUT2D eigenvalue weighted by Crippen LogP contribution is -2.39. The largest absolute Gasteiger partial charge is 0.463 e. The third-order valence-corrected chi connectivity index (χ3v) is 5.13. The highest BCUT2D eigenvalue weighted by Gasteiger charge is 2.25. The average Bonchev–Trinajstić information content (AvgIpc) is 2.80. The average molecular weight is 447 g/mol. The van der Waals surface area contributed by atoms with Crippen LogP contribution in [0.3, 0.4) is 0 Å². The van der Waals surface area contributed by atoms with Crippen LogP contribution in [-0.4, -0.2) is 55.9 Å². The van der Waals surface area contributed by atoms with Gasteiger partial charge in [0.15, 0.2) is 0 Å². The minimum atomic E-state index is -0.547. The summed E-state index contributed by atoms with van der Waals surface area (Å²) in [6.07, 6.45) is 7.18. The molecular weight excluding hydrogens is 412 g/mol. The van der Waals surface area contributed by atoms with Crippen molar-refractivity contribution in [2.45, 2.75) is 44.6 Å². The maximum atomic E-state index is 13.1. The maximum Gasteiger partial charge on any atom is 0.305 e. The number of esters is 1. The van der Waals surface area contributed by atoms with Crippen LogP contribution in [0.5, 0.6) is 0 Å². The molecule has 1 heterocycles. The molecule has 1 aromatic carbocycles. The molecule has 0 bridgehead atoms. The number of rotatable bonds is 8. The second kappa shape index (κ2) is 15.2. The van der Waals surface area contributed by atoms with Gasteiger partial charge >= 0.3 is 5.97 Å². The van der Waals surface area contributed by atoms with Gasteiger partial charge in [-0.25, -0.2) is 0 Å². The van der Waals surface area contributed by atoms with Crippen molar-refractivity contribution in [2.24, 2.45) is 5.92 Å². The number of allylic oxidation sites excluding steroid dienone is 2. The number of benzene rings is 1. The van der Waals surface area contributed by atoms with Gasteiger partial charge in [-0.3, -0.25) is 14.4 Å². The lowest BCUT2D eigenvalue weighted by atomic mass is 9.97. The summed E-state index contributed by atoms with van der Waals surface area (Å²) in [5.74, 6) is -1.33. The molecule has 0 radical (unpaired) electrons. The van der Waals surface area contributed by atoms with Gasteiger partial charge in [-0.1, -0.05) is 42.5 Å². The Hall–Kier alpha value is -2.71. The number of amides is 2. The summed E-state index contributed by atoms with van der Waals surface area (Å²) in [5, 5.41) is 14.4. The first kappa shape index (κ1) is 25.5. The van der Waals surface area contributed by atoms with Crippen molar-refractivity contribution >= 4 is 17.8 Å². The molecule has 0 fully saturated rings. The van der Waals surface area contributed by atoms with Crippen molar-refractivity contribution in [3.63, 3.8) is 0 Å². The number of nitrogens with one attached hydrogen (secondary N) is 2. The SMILES string of the molecule is O=C(C[C@H]1CC=CCCCCC(=O)OC[C@H](c2ccccc2)NC1=O)NCCOCCO. The number of hydrogen-bond acceptors (Lipinski definition) is 6. The first-order valence-corrected chi connectivity index (χ1v) is 11.2. The zero-order valence-corrected chi connectivity index (χ0v) is 18.5. The highest BCUT2D eigenvalue weighted by atomic mass is 16.5. The normalized spacial score (nSPS) is 20.7. The van der Waals surface area contributed by atoms with E-state index in [1.165, 1.54) is 0 Å². The van der Waals surface area contributed by atoms with Gasteiger partial charge in [0, 0.05) is 19.4 Å². The zero-order valence-electron chi connectivity index (χ0n) is 18.5. The van der Waals surface area contributed by atoms with E-state index in [-0.39, 0.29) is 44.0 Å². The van der Waals surface area contributed by atoms with Gasteiger partial charge in [-0.15, -0.1) is 0 Å². The minimum Gasteiger partial charge on any atom is -0.463 e. The summed E-state index contributed by atoms with van der Waals surface area (Å²) in [7, 11) is 0. The minimum absolute atomic E-state index is 0.0392. The molecule has 1 aliphatic rings. The number of aliphatic hydroxyl groups excluding tert-OH is 1. The monoisotopic (exact) mass is 446 g/mol.